The van der Waals surface area contributed by atoms with Gasteiger partial charge >= 0.3 is 0 Å². The van der Waals surface area contributed by atoms with Crippen molar-refractivity contribution >= 4 is 12.2 Å². The van der Waals surface area contributed by atoms with E-state index in [4.69, 9.17) is 12.2 Å². The maximum atomic E-state index is 13.2. The first kappa shape index (κ1) is 16.7. The highest BCUT2D eigenvalue weighted by Crippen LogP contribution is 2.32. The van der Waals surface area contributed by atoms with Gasteiger partial charge in [-0.1, -0.05) is 24.3 Å². The van der Waals surface area contributed by atoms with E-state index in [2.05, 4.69) is 10.3 Å². The number of aromatic nitrogens is 2. The van der Waals surface area contributed by atoms with Gasteiger partial charge in [0.05, 0.1) is 17.3 Å². The monoisotopic (exact) mass is 369 g/mol. The summed E-state index contributed by atoms with van der Waals surface area (Å²) in [6.07, 6.45) is 0.850. The Morgan fingerprint density at radius 3 is 2.65 bits per heavy atom. The summed E-state index contributed by atoms with van der Waals surface area (Å²) >= 11 is 5.21. The predicted molar refractivity (Wildman–Crippen MR) is 98.8 cm³/mol. The summed E-state index contributed by atoms with van der Waals surface area (Å²) in [4.78, 5) is 15.2. The topological polar surface area (TPSA) is 70.0 Å². The highest BCUT2D eigenvalue weighted by molar-refractivity contribution is 7.71. The van der Waals surface area contributed by atoms with Crippen molar-refractivity contribution in [3.8, 4) is 11.6 Å². The summed E-state index contributed by atoms with van der Waals surface area (Å²) in [6.45, 7) is 0.687. The summed E-state index contributed by atoms with van der Waals surface area (Å²) in [5.74, 6) is -0.646. The van der Waals surface area contributed by atoms with Gasteiger partial charge in [-0.25, -0.2) is 4.39 Å². The molecule has 132 valence electrons. The van der Waals surface area contributed by atoms with Crippen LogP contribution in [-0.2, 0) is 6.42 Å². The van der Waals surface area contributed by atoms with Gasteiger partial charge in [0, 0.05) is 6.54 Å². The minimum absolute atomic E-state index is 0.0481. The molecule has 5 nitrogen and oxygen atoms in total. The average Bonchev–Trinajstić information content (AvgIpc) is 2.63. The first-order chi connectivity index (χ1) is 12.6. The average molecular weight is 369 g/mol. The lowest BCUT2D eigenvalue weighted by atomic mass is 9.90. The second-order valence-electron chi connectivity index (χ2n) is 6.14. The van der Waals surface area contributed by atoms with Crippen LogP contribution < -0.4 is 10.9 Å². The third-order valence-corrected chi connectivity index (χ3v) is 4.89. The molecule has 0 aliphatic carbocycles. The number of fused-ring (bicyclic) bond motifs is 1. The summed E-state index contributed by atoms with van der Waals surface area (Å²) in [5, 5.41) is 14.2. The molecular weight excluding hydrogens is 353 g/mol. The predicted octanol–water partition coefficient (Wildman–Crippen LogP) is 2.97. The normalized spacial score (nSPS) is 16.3. The van der Waals surface area contributed by atoms with Crippen LogP contribution in [0.15, 0.2) is 53.3 Å². The Morgan fingerprint density at radius 1 is 1.15 bits per heavy atom. The Labute approximate surface area is 153 Å². The fourth-order valence-electron chi connectivity index (χ4n) is 3.39. The van der Waals surface area contributed by atoms with Crippen LogP contribution in [0.4, 0.5) is 4.39 Å². The van der Waals surface area contributed by atoms with Gasteiger partial charge in [0.1, 0.15) is 5.82 Å². The third kappa shape index (κ3) is 2.75. The Balaban J connectivity index is 1.94. The van der Waals surface area contributed by atoms with Gasteiger partial charge in [0.2, 0.25) is 5.88 Å². The van der Waals surface area contributed by atoms with Crippen molar-refractivity contribution in [2.75, 3.05) is 6.54 Å². The molecule has 0 unspecified atom stereocenters. The van der Waals surface area contributed by atoms with E-state index in [0.717, 1.165) is 17.5 Å². The number of aromatic amines is 1. The molecule has 4 rings (SSSR count). The lowest BCUT2D eigenvalue weighted by Gasteiger charge is -2.27. The second kappa shape index (κ2) is 6.51. The van der Waals surface area contributed by atoms with Crippen molar-refractivity contribution in [3.05, 3.63) is 86.2 Å². The van der Waals surface area contributed by atoms with Crippen molar-refractivity contribution in [1.82, 2.24) is 14.9 Å². The maximum Gasteiger partial charge on any atom is 0.260 e. The molecule has 0 bridgehead atoms. The largest absolute Gasteiger partial charge is 0.494 e. The molecule has 0 amide bonds. The van der Waals surface area contributed by atoms with E-state index in [9.17, 15) is 14.3 Å². The van der Waals surface area contributed by atoms with E-state index < -0.39 is 17.4 Å². The lowest BCUT2D eigenvalue weighted by molar-refractivity contribution is 0.413. The van der Waals surface area contributed by atoms with E-state index in [-0.39, 0.29) is 16.2 Å². The minimum Gasteiger partial charge on any atom is -0.494 e. The van der Waals surface area contributed by atoms with Gasteiger partial charge in [-0.2, -0.15) is 0 Å². The molecule has 3 aromatic rings. The summed E-state index contributed by atoms with van der Waals surface area (Å²) < 4.78 is 14.6. The van der Waals surface area contributed by atoms with E-state index >= 15 is 0 Å². The zero-order valence-corrected chi connectivity index (χ0v) is 14.5. The number of H-pyrrole nitrogens is 1. The summed E-state index contributed by atoms with van der Waals surface area (Å²) in [5.41, 5.74) is 2.29. The lowest BCUT2D eigenvalue weighted by Crippen LogP contribution is -2.35. The SMILES string of the molecule is O=c1[nH]c(=S)n(-c2ccc(F)cc2)c(O)c1[C@H]1NCCc2ccccc21. The molecule has 1 aliphatic heterocycles. The fourth-order valence-corrected chi connectivity index (χ4v) is 3.68. The molecule has 1 aromatic heterocycles. The number of nitrogens with zero attached hydrogens (tertiary/aromatic N) is 1. The van der Waals surface area contributed by atoms with Gasteiger partial charge in [-0.3, -0.25) is 14.3 Å². The maximum absolute atomic E-state index is 13.2. The van der Waals surface area contributed by atoms with Crippen LogP contribution in [0.5, 0.6) is 5.88 Å². The highest BCUT2D eigenvalue weighted by Gasteiger charge is 2.28. The molecule has 2 heterocycles. The van der Waals surface area contributed by atoms with Gasteiger partial charge < -0.3 is 10.4 Å². The molecule has 26 heavy (non-hydrogen) atoms. The van der Waals surface area contributed by atoms with E-state index in [1.165, 1.54) is 28.8 Å². The van der Waals surface area contributed by atoms with Crippen LogP contribution >= 0.6 is 12.2 Å². The van der Waals surface area contributed by atoms with Crippen molar-refractivity contribution in [3.63, 3.8) is 0 Å². The summed E-state index contributed by atoms with van der Waals surface area (Å²) in [7, 11) is 0. The number of nitrogens with one attached hydrogen (secondary N) is 2. The first-order valence-corrected chi connectivity index (χ1v) is 8.62. The van der Waals surface area contributed by atoms with Gasteiger partial charge in [-0.05, 0) is 54.0 Å². The number of hydrogen-bond acceptors (Lipinski definition) is 4. The molecular formula is C19H16FN3O2S. The molecule has 0 saturated heterocycles. The molecule has 0 spiro atoms. The van der Waals surface area contributed by atoms with Crippen LogP contribution in [0.1, 0.15) is 22.7 Å². The zero-order valence-electron chi connectivity index (χ0n) is 13.7. The Hall–Kier alpha value is -2.77. The Bertz CT molecular complexity index is 1090. The number of aromatic hydroxyl groups is 1. The van der Waals surface area contributed by atoms with E-state index in [1.807, 2.05) is 24.3 Å². The molecule has 7 heteroatoms. The van der Waals surface area contributed by atoms with Crippen LogP contribution in [0.25, 0.3) is 5.69 Å². The van der Waals surface area contributed by atoms with Crippen LogP contribution in [0, 0.1) is 10.6 Å². The number of hydrogen-bond donors (Lipinski definition) is 3. The molecule has 1 atom stereocenters. The van der Waals surface area contributed by atoms with Crippen molar-refractivity contribution in [2.24, 2.45) is 0 Å². The van der Waals surface area contributed by atoms with Crippen molar-refractivity contribution < 1.29 is 9.50 Å². The van der Waals surface area contributed by atoms with E-state index in [0.29, 0.717) is 12.2 Å². The fraction of sp³-hybridized carbons (Fsp3) is 0.158. The standard InChI is InChI=1S/C19H16FN3O2S/c20-12-5-7-13(8-6-12)23-18(25)15(17(24)22-19(23)26)16-14-4-2-1-3-11(14)9-10-21-16/h1-8,16,21,25H,9-10H2,(H,22,24,26)/t16-/m0/s1. The van der Waals surface area contributed by atoms with E-state index in [1.54, 1.807) is 0 Å². The van der Waals surface area contributed by atoms with Gasteiger partial charge in [-0.15, -0.1) is 0 Å². The molecule has 0 saturated carbocycles. The molecule has 0 radical (unpaired) electrons. The van der Waals surface area contributed by atoms with Crippen LogP contribution in [0.2, 0.25) is 0 Å². The molecule has 2 aromatic carbocycles. The second-order valence-corrected chi connectivity index (χ2v) is 6.53. The molecule has 1 aliphatic rings. The highest BCUT2D eigenvalue weighted by atomic mass is 32.1. The summed E-state index contributed by atoms with van der Waals surface area (Å²) in [6, 6.07) is 12.9. The number of rotatable bonds is 2. The zero-order chi connectivity index (χ0) is 18.3. The smallest absolute Gasteiger partial charge is 0.260 e. The molecule has 3 N–H and O–H groups in total. The third-order valence-electron chi connectivity index (χ3n) is 4.60. The van der Waals surface area contributed by atoms with Crippen molar-refractivity contribution in [2.45, 2.75) is 12.5 Å². The quantitative estimate of drug-likeness (QED) is 0.608. The van der Waals surface area contributed by atoms with Crippen LogP contribution in [-0.4, -0.2) is 21.2 Å². The van der Waals surface area contributed by atoms with Crippen LogP contribution in [0.3, 0.4) is 0 Å². The first-order valence-electron chi connectivity index (χ1n) is 8.21. The Morgan fingerprint density at radius 2 is 1.88 bits per heavy atom. The van der Waals surface area contributed by atoms with Crippen molar-refractivity contribution in [1.29, 1.82) is 0 Å². The number of benzene rings is 2. The molecule has 0 fully saturated rings. The number of halogens is 1. The van der Waals surface area contributed by atoms with Gasteiger partial charge in [0.25, 0.3) is 5.56 Å². The Kier molecular flexibility index (Phi) is 4.18. The minimum atomic E-state index is -0.453. The van der Waals surface area contributed by atoms with Gasteiger partial charge in [0.15, 0.2) is 4.77 Å².